The van der Waals surface area contributed by atoms with Gasteiger partial charge in [0, 0.05) is 62.3 Å². The van der Waals surface area contributed by atoms with Crippen LogP contribution in [0.25, 0.3) is 10.8 Å². The standard InChI is InChI=1S/C58H41BN4/c1-6-23-43(24-7-1)60(44-25-8-2-9-26-44)48-37-38-52-55(39-48)63(53-36-20-22-42-21-16-17-33-50(42)53)57-41-49(61(45-27-10-3-11-28-45)46-29-12-4-13-30-46)40-56-58(57)59(52)51-34-18-19-35-54(51)62(56)47-31-14-5-15-32-47/h1-41H. The maximum atomic E-state index is 2.55. The molecule has 10 aromatic rings. The van der Waals surface area contributed by atoms with E-state index >= 15 is 0 Å². The maximum absolute atomic E-state index is 2.55. The molecule has 2 aliphatic heterocycles. The topological polar surface area (TPSA) is 13.0 Å². The van der Waals surface area contributed by atoms with Crippen LogP contribution < -0.4 is 36.0 Å². The molecule has 0 saturated carbocycles. The van der Waals surface area contributed by atoms with Crippen LogP contribution in [0.4, 0.5) is 68.2 Å². The van der Waals surface area contributed by atoms with Crippen molar-refractivity contribution in [1.82, 2.24) is 0 Å². The van der Waals surface area contributed by atoms with Crippen molar-refractivity contribution >= 4 is 102 Å². The Labute approximate surface area is 368 Å². The fourth-order valence-corrected chi connectivity index (χ4v) is 9.91. The van der Waals surface area contributed by atoms with Gasteiger partial charge >= 0.3 is 0 Å². The Morgan fingerprint density at radius 3 is 1.35 bits per heavy atom. The number of hydrogen-bond acceptors (Lipinski definition) is 4. The lowest BCUT2D eigenvalue weighted by molar-refractivity contribution is 1.22. The van der Waals surface area contributed by atoms with Gasteiger partial charge in [-0.3, -0.25) is 0 Å². The first-order valence-corrected chi connectivity index (χ1v) is 21.6. The summed E-state index contributed by atoms with van der Waals surface area (Å²) in [5.41, 5.74) is 17.2. The quantitative estimate of drug-likeness (QED) is 0.142. The van der Waals surface area contributed by atoms with E-state index < -0.39 is 0 Å². The summed E-state index contributed by atoms with van der Waals surface area (Å²) < 4.78 is 0. The maximum Gasteiger partial charge on any atom is 0.252 e. The molecule has 0 radical (unpaired) electrons. The molecule has 5 heteroatoms. The third-order valence-corrected chi connectivity index (χ3v) is 12.5. The number of benzene rings is 10. The van der Waals surface area contributed by atoms with Crippen molar-refractivity contribution in [3.8, 4) is 0 Å². The molecule has 2 aliphatic rings. The molecule has 4 nitrogen and oxygen atoms in total. The average Bonchev–Trinajstić information content (AvgIpc) is 3.35. The van der Waals surface area contributed by atoms with Gasteiger partial charge < -0.3 is 19.6 Å². The minimum absolute atomic E-state index is 0.0423. The van der Waals surface area contributed by atoms with Gasteiger partial charge in [0.2, 0.25) is 0 Å². The molecular formula is C58H41BN4. The van der Waals surface area contributed by atoms with Gasteiger partial charge in [-0.15, -0.1) is 0 Å². The van der Waals surface area contributed by atoms with E-state index in [9.17, 15) is 0 Å². The van der Waals surface area contributed by atoms with Crippen molar-refractivity contribution in [3.05, 3.63) is 249 Å². The minimum Gasteiger partial charge on any atom is -0.311 e. The van der Waals surface area contributed by atoms with Crippen LogP contribution in [0.2, 0.25) is 0 Å². The van der Waals surface area contributed by atoms with E-state index in [4.69, 9.17) is 0 Å². The molecule has 0 bridgehead atoms. The molecule has 0 fully saturated rings. The summed E-state index contributed by atoms with van der Waals surface area (Å²) in [7, 11) is 0. The first-order valence-electron chi connectivity index (χ1n) is 21.6. The van der Waals surface area contributed by atoms with E-state index in [1.165, 1.54) is 32.8 Å². The second kappa shape index (κ2) is 15.3. The number of rotatable bonds is 8. The molecule has 0 spiro atoms. The summed E-state index contributed by atoms with van der Waals surface area (Å²) in [6.45, 7) is -0.0423. The third-order valence-electron chi connectivity index (χ3n) is 12.5. The Kier molecular flexibility index (Phi) is 8.89. The molecular weight excluding hydrogens is 763 g/mol. The molecule has 0 amide bonds. The van der Waals surface area contributed by atoms with Gasteiger partial charge in [-0.05, 0) is 119 Å². The van der Waals surface area contributed by atoms with Gasteiger partial charge in [0.25, 0.3) is 6.71 Å². The molecule has 12 rings (SSSR count). The van der Waals surface area contributed by atoms with Crippen LogP contribution in [0.3, 0.4) is 0 Å². The highest BCUT2D eigenvalue weighted by atomic mass is 15.2. The summed E-state index contributed by atoms with van der Waals surface area (Å²) in [5, 5.41) is 2.39. The molecule has 0 saturated heterocycles. The normalized spacial score (nSPS) is 12.3. The van der Waals surface area contributed by atoms with Crippen molar-refractivity contribution in [2.75, 3.05) is 19.6 Å². The zero-order valence-electron chi connectivity index (χ0n) is 34.5. The molecule has 0 aliphatic carbocycles. The average molecular weight is 805 g/mol. The molecule has 63 heavy (non-hydrogen) atoms. The summed E-state index contributed by atoms with van der Waals surface area (Å²) in [6, 6.07) is 90.3. The number of nitrogens with zero attached hydrogens (tertiary/aromatic N) is 4. The van der Waals surface area contributed by atoms with Gasteiger partial charge in [0.05, 0.1) is 11.4 Å². The van der Waals surface area contributed by atoms with E-state index in [2.05, 4.69) is 268 Å². The van der Waals surface area contributed by atoms with Gasteiger partial charge in [0.1, 0.15) is 0 Å². The summed E-state index contributed by atoms with van der Waals surface area (Å²) in [4.78, 5) is 9.81. The van der Waals surface area contributed by atoms with Crippen molar-refractivity contribution < 1.29 is 0 Å². The first-order chi connectivity index (χ1) is 31.3. The second-order valence-corrected chi connectivity index (χ2v) is 16.2. The lowest BCUT2D eigenvalue weighted by Crippen LogP contribution is -2.61. The highest BCUT2D eigenvalue weighted by Crippen LogP contribution is 2.50. The number of anilines is 12. The number of fused-ring (bicyclic) bond motifs is 5. The summed E-state index contributed by atoms with van der Waals surface area (Å²) in [6.07, 6.45) is 0. The Morgan fingerprint density at radius 2 is 0.730 bits per heavy atom. The fourth-order valence-electron chi connectivity index (χ4n) is 9.91. The van der Waals surface area contributed by atoms with E-state index in [-0.39, 0.29) is 6.71 Å². The van der Waals surface area contributed by atoms with Crippen LogP contribution in [0.5, 0.6) is 0 Å². The molecule has 0 unspecified atom stereocenters. The summed E-state index contributed by atoms with van der Waals surface area (Å²) >= 11 is 0. The largest absolute Gasteiger partial charge is 0.311 e. The van der Waals surface area contributed by atoms with Crippen LogP contribution in [0.1, 0.15) is 0 Å². The van der Waals surface area contributed by atoms with Crippen molar-refractivity contribution in [2.24, 2.45) is 0 Å². The van der Waals surface area contributed by atoms with Crippen molar-refractivity contribution in [2.45, 2.75) is 0 Å². The highest BCUT2D eigenvalue weighted by molar-refractivity contribution is 7.00. The summed E-state index contributed by atoms with van der Waals surface area (Å²) in [5.74, 6) is 0. The molecule has 0 atom stereocenters. The Bertz CT molecular complexity index is 3170. The zero-order chi connectivity index (χ0) is 41.7. The van der Waals surface area contributed by atoms with Gasteiger partial charge in [-0.2, -0.15) is 0 Å². The lowest BCUT2D eigenvalue weighted by Gasteiger charge is -2.45. The van der Waals surface area contributed by atoms with Crippen LogP contribution in [0.15, 0.2) is 249 Å². The Morgan fingerprint density at radius 1 is 0.286 bits per heavy atom. The first kappa shape index (κ1) is 36.6. The fraction of sp³-hybridized carbons (Fsp3) is 0. The van der Waals surface area contributed by atoms with Gasteiger partial charge in [0.15, 0.2) is 0 Å². The Balaban J connectivity index is 1.21. The molecule has 10 aromatic carbocycles. The molecule has 296 valence electrons. The van der Waals surface area contributed by atoms with Gasteiger partial charge in [-0.25, -0.2) is 0 Å². The zero-order valence-corrected chi connectivity index (χ0v) is 34.5. The minimum atomic E-state index is -0.0423. The van der Waals surface area contributed by atoms with Crippen molar-refractivity contribution in [1.29, 1.82) is 0 Å². The molecule has 0 N–H and O–H groups in total. The van der Waals surface area contributed by atoms with E-state index in [0.29, 0.717) is 0 Å². The van der Waals surface area contributed by atoms with Gasteiger partial charge in [-0.1, -0.05) is 152 Å². The van der Waals surface area contributed by atoms with Crippen LogP contribution in [0, 0.1) is 0 Å². The molecule has 2 heterocycles. The number of hydrogen-bond donors (Lipinski definition) is 0. The van der Waals surface area contributed by atoms with E-state index in [1.54, 1.807) is 0 Å². The SMILES string of the molecule is c1ccc(N(c2ccccc2)c2ccc3c(c2)N(c2cccc4ccccc24)c2cc(N(c4ccccc4)c4ccccc4)cc4c2B3c2ccccc2N4c2ccccc2)cc1. The van der Waals surface area contributed by atoms with E-state index in [0.717, 1.165) is 62.6 Å². The van der Waals surface area contributed by atoms with Crippen LogP contribution >= 0.6 is 0 Å². The lowest BCUT2D eigenvalue weighted by atomic mass is 9.33. The van der Waals surface area contributed by atoms with Crippen LogP contribution in [-0.4, -0.2) is 6.71 Å². The second-order valence-electron chi connectivity index (χ2n) is 16.2. The monoisotopic (exact) mass is 804 g/mol. The highest BCUT2D eigenvalue weighted by Gasteiger charge is 2.44. The number of para-hydroxylation sites is 6. The predicted octanol–water partition coefficient (Wildman–Crippen LogP) is 13.9. The van der Waals surface area contributed by atoms with Crippen molar-refractivity contribution in [3.63, 3.8) is 0 Å². The van der Waals surface area contributed by atoms with Crippen LogP contribution in [-0.2, 0) is 0 Å². The molecule has 0 aromatic heterocycles. The van der Waals surface area contributed by atoms with E-state index in [1.807, 2.05) is 0 Å². The Hall–Kier alpha value is -8.28. The third kappa shape index (κ3) is 6.16. The smallest absolute Gasteiger partial charge is 0.252 e. The predicted molar refractivity (Wildman–Crippen MR) is 267 cm³/mol.